The number of methoxy groups -OCH3 is 2. The minimum atomic E-state index is -0.745. The van der Waals surface area contributed by atoms with E-state index in [4.69, 9.17) is 47.4 Å². The average molecular weight is 1390 g/mol. The van der Waals surface area contributed by atoms with Crippen LogP contribution in [-0.4, -0.2) is 179 Å². The predicted octanol–water partition coefficient (Wildman–Crippen LogP) is 9.24. The first-order valence-corrected chi connectivity index (χ1v) is 33.7. The van der Waals surface area contributed by atoms with Crippen molar-refractivity contribution in [1.82, 2.24) is 10.6 Å². The molecule has 0 spiro atoms. The molecule has 0 radical (unpaired) electrons. The van der Waals surface area contributed by atoms with Gasteiger partial charge < -0.3 is 89.9 Å². The van der Waals surface area contributed by atoms with Crippen LogP contribution in [-0.2, 0) is 66.7 Å². The van der Waals surface area contributed by atoms with E-state index in [1.54, 1.807) is 38.5 Å². The Bertz CT molecular complexity index is 2990. The lowest BCUT2D eigenvalue weighted by atomic mass is 10.1. The number of carbonyl (C=O) groups is 10. The molecule has 8 amide bonds. The average Bonchev–Trinajstić information content (AvgIpc) is 0.872. The number of hydrogen-bond donors (Lipinski definition) is 8. The summed E-state index contributed by atoms with van der Waals surface area (Å²) in [6.45, 7) is 9.31. The first-order valence-electron chi connectivity index (χ1n) is 33.7. The Morgan fingerprint density at radius 2 is 0.667 bits per heavy atom. The lowest BCUT2D eigenvalue weighted by Gasteiger charge is -2.15. The van der Waals surface area contributed by atoms with Gasteiger partial charge in [-0.3, -0.25) is 38.4 Å². The maximum Gasteiger partial charge on any atom is 0.338 e. The van der Waals surface area contributed by atoms with E-state index < -0.39 is 72.3 Å². The maximum absolute atomic E-state index is 13.9. The fourth-order valence-electron chi connectivity index (χ4n) is 9.40. The van der Waals surface area contributed by atoms with E-state index in [0.717, 1.165) is 77.0 Å². The van der Waals surface area contributed by atoms with Crippen LogP contribution in [0, 0.1) is 0 Å². The molecule has 0 bridgehead atoms. The normalized spacial score (nSPS) is 10.8. The second-order valence-electron chi connectivity index (χ2n) is 22.7. The molecule has 0 aliphatic carbocycles. The molecule has 0 fully saturated rings. The summed E-state index contributed by atoms with van der Waals surface area (Å²) in [5.41, 5.74) is 1.20. The van der Waals surface area contributed by atoms with E-state index in [-0.39, 0.29) is 127 Å². The minimum Gasteiger partial charge on any atom is -0.493 e. The molecular weight excluding hydrogens is 1280 g/mol. The molecule has 0 saturated heterocycles. The van der Waals surface area contributed by atoms with E-state index >= 15 is 0 Å². The van der Waals surface area contributed by atoms with Crippen LogP contribution in [0.25, 0.3) is 0 Å². The molecule has 0 aromatic heterocycles. The van der Waals surface area contributed by atoms with E-state index in [9.17, 15) is 47.9 Å². The lowest BCUT2D eigenvalue weighted by molar-refractivity contribution is -0.118. The van der Waals surface area contributed by atoms with Crippen LogP contribution < -0.4 is 52.0 Å². The molecule has 0 saturated carbocycles. The molecular formula is C71H100N8O20. The SMILES string of the molecule is CCCCCCCCOc1ccc(NC(=O)CCCC(=O)Nc2ccc(OCCCCCCCC)c(C(=O)NCC(=O)Nc3cc(NC(C)=O)cc(C(=O)OCCOCCOCCOC)c3)c2)cc1C(=O)NCC(=O)Nc1cc(NC(C)=O)cc(C(=O)OCCOCCOCCOC)c1. The highest BCUT2D eigenvalue weighted by Crippen LogP contribution is 2.27. The van der Waals surface area contributed by atoms with Crippen molar-refractivity contribution in [2.45, 2.75) is 124 Å². The zero-order valence-electron chi connectivity index (χ0n) is 58.0. The van der Waals surface area contributed by atoms with Gasteiger partial charge in [0.25, 0.3) is 11.8 Å². The summed E-state index contributed by atoms with van der Waals surface area (Å²) in [6, 6.07) is 17.4. The van der Waals surface area contributed by atoms with Gasteiger partial charge in [-0.05, 0) is 92.1 Å². The molecule has 99 heavy (non-hydrogen) atoms. The molecule has 0 aliphatic rings. The summed E-state index contributed by atoms with van der Waals surface area (Å²) in [5, 5.41) is 21.2. The summed E-state index contributed by atoms with van der Waals surface area (Å²) in [4.78, 5) is 131. The Kier molecular flexibility index (Phi) is 41.1. The third-order valence-corrected chi connectivity index (χ3v) is 14.2. The second-order valence-corrected chi connectivity index (χ2v) is 22.7. The molecule has 0 atom stereocenters. The van der Waals surface area contributed by atoms with Crippen molar-refractivity contribution >= 4 is 93.3 Å². The maximum atomic E-state index is 13.9. The monoisotopic (exact) mass is 1380 g/mol. The van der Waals surface area contributed by atoms with Gasteiger partial charge in [0.15, 0.2) is 0 Å². The van der Waals surface area contributed by atoms with E-state index in [1.807, 2.05) is 0 Å². The highest BCUT2D eigenvalue weighted by molar-refractivity contribution is 6.05. The number of hydrogen-bond acceptors (Lipinski definition) is 20. The van der Waals surface area contributed by atoms with Crippen molar-refractivity contribution < 1.29 is 95.3 Å². The van der Waals surface area contributed by atoms with Crippen LogP contribution in [0.1, 0.15) is 165 Å². The summed E-state index contributed by atoms with van der Waals surface area (Å²) < 4.78 is 54.3. The molecule has 544 valence electrons. The van der Waals surface area contributed by atoms with Gasteiger partial charge in [0.2, 0.25) is 35.4 Å². The van der Waals surface area contributed by atoms with Crippen molar-refractivity contribution in [3.8, 4) is 11.5 Å². The number of amides is 8. The first-order chi connectivity index (χ1) is 47.9. The van der Waals surface area contributed by atoms with Crippen LogP contribution >= 0.6 is 0 Å². The molecule has 0 aliphatic heterocycles. The number of anilines is 6. The lowest BCUT2D eigenvalue weighted by Crippen LogP contribution is -2.33. The largest absolute Gasteiger partial charge is 0.493 e. The molecule has 28 nitrogen and oxygen atoms in total. The molecule has 0 heterocycles. The van der Waals surface area contributed by atoms with Crippen LogP contribution in [0.15, 0.2) is 72.8 Å². The third kappa shape index (κ3) is 35.8. The van der Waals surface area contributed by atoms with E-state index in [1.165, 1.54) is 62.4 Å². The molecule has 8 N–H and O–H groups in total. The van der Waals surface area contributed by atoms with Gasteiger partial charge in [-0.2, -0.15) is 0 Å². The van der Waals surface area contributed by atoms with Gasteiger partial charge in [0, 0.05) is 75.0 Å². The van der Waals surface area contributed by atoms with Gasteiger partial charge >= 0.3 is 11.9 Å². The van der Waals surface area contributed by atoms with Gasteiger partial charge in [-0.15, -0.1) is 0 Å². The topological polar surface area (TPSA) is 359 Å². The van der Waals surface area contributed by atoms with E-state index in [2.05, 4.69) is 56.4 Å². The highest BCUT2D eigenvalue weighted by atomic mass is 16.6. The second kappa shape index (κ2) is 49.4. The quantitative estimate of drug-likeness (QED) is 0.0151. The van der Waals surface area contributed by atoms with Gasteiger partial charge in [-0.25, -0.2) is 9.59 Å². The molecule has 0 unspecified atom stereocenters. The Hall–Kier alpha value is -9.06. The van der Waals surface area contributed by atoms with Crippen molar-refractivity contribution in [2.75, 3.05) is 152 Å². The summed E-state index contributed by atoms with van der Waals surface area (Å²) in [7, 11) is 3.14. The van der Waals surface area contributed by atoms with Gasteiger partial charge in [-0.1, -0.05) is 78.1 Å². The summed E-state index contributed by atoms with van der Waals surface area (Å²) in [6.07, 6.45) is 11.8. The number of esters is 2. The fraction of sp³-hybridized carbons (Fsp3) is 0.521. The predicted molar refractivity (Wildman–Crippen MR) is 373 cm³/mol. The van der Waals surface area contributed by atoms with Crippen molar-refractivity contribution in [2.24, 2.45) is 0 Å². The Morgan fingerprint density at radius 1 is 0.333 bits per heavy atom. The van der Waals surface area contributed by atoms with Gasteiger partial charge in [0.05, 0.1) is 115 Å². The highest BCUT2D eigenvalue weighted by Gasteiger charge is 2.21. The Balaban J connectivity index is 1.38. The van der Waals surface area contributed by atoms with Crippen molar-refractivity contribution in [3.63, 3.8) is 0 Å². The fourth-order valence-corrected chi connectivity index (χ4v) is 9.40. The number of ether oxygens (including phenoxy) is 10. The number of rotatable bonds is 52. The first kappa shape index (κ1) is 82.4. The minimum absolute atomic E-state index is 0.0203. The number of nitrogens with one attached hydrogen (secondary N) is 8. The zero-order valence-corrected chi connectivity index (χ0v) is 58.0. The van der Waals surface area contributed by atoms with Crippen LogP contribution in [0.4, 0.5) is 34.1 Å². The Morgan fingerprint density at radius 3 is 1.03 bits per heavy atom. The van der Waals surface area contributed by atoms with Crippen LogP contribution in [0.5, 0.6) is 11.5 Å². The molecule has 28 heteroatoms. The summed E-state index contributed by atoms with van der Waals surface area (Å²) in [5.74, 6) is -5.65. The molecule has 4 aromatic rings. The van der Waals surface area contributed by atoms with Crippen LogP contribution in [0.2, 0.25) is 0 Å². The molecule has 4 rings (SSSR count). The standard InChI is InChI=1S/C71H100N8O20/c1-7-9-11-13-15-17-26-96-62-24-22-54(46-60(62)68(86)72-48-66(84)78-58-42-52(40-56(44-58)74-50(3)80)70(88)98-38-36-94-34-32-92-30-28-90-5)76-64(82)20-19-21-65(83)77-55-23-25-63(97-27-18-16-14-12-10-8-2)61(47-55)69(87)73-49-67(85)79-59-43-53(41-57(45-59)75-51(4)81)71(89)99-39-37-95-35-33-93-31-29-91-6/h22-25,40-47H,7-21,26-39,48-49H2,1-6H3,(H,72,86)(H,73,87)(H,74,80)(H,75,81)(H,76,82)(H,77,83)(H,78,84)(H,79,85). The van der Waals surface area contributed by atoms with Crippen molar-refractivity contribution in [1.29, 1.82) is 0 Å². The third-order valence-electron chi connectivity index (χ3n) is 14.2. The van der Waals surface area contributed by atoms with E-state index in [0.29, 0.717) is 52.9 Å². The Labute approximate surface area is 579 Å². The number of carbonyl (C=O) groups excluding carboxylic acids is 10. The van der Waals surface area contributed by atoms with Gasteiger partial charge in [0.1, 0.15) is 24.7 Å². The van der Waals surface area contributed by atoms with Crippen LogP contribution in [0.3, 0.4) is 0 Å². The smallest absolute Gasteiger partial charge is 0.338 e. The zero-order chi connectivity index (χ0) is 71.8. The molecule has 4 aromatic carbocycles. The summed E-state index contributed by atoms with van der Waals surface area (Å²) >= 11 is 0. The number of unbranched alkanes of at least 4 members (excludes halogenated alkanes) is 10. The van der Waals surface area contributed by atoms with Crippen molar-refractivity contribution in [3.05, 3.63) is 95.1 Å². The number of benzene rings is 4.